The van der Waals surface area contributed by atoms with E-state index < -0.39 is 0 Å². The molecule has 1 fully saturated rings. The second kappa shape index (κ2) is 8.61. The molecular formula is C22H36N2O3. The molecule has 5 nitrogen and oxygen atoms in total. The van der Waals surface area contributed by atoms with E-state index in [1.807, 2.05) is 12.1 Å². The number of rotatable bonds is 6. The normalized spacial score (nSPS) is 21.7. The summed E-state index contributed by atoms with van der Waals surface area (Å²) in [5, 5.41) is 3.01. The monoisotopic (exact) mass is 376 g/mol. The van der Waals surface area contributed by atoms with Crippen molar-refractivity contribution in [2.45, 2.75) is 71.6 Å². The van der Waals surface area contributed by atoms with E-state index in [2.05, 4.69) is 70.8 Å². The molecule has 1 aromatic rings. The van der Waals surface area contributed by atoms with Gasteiger partial charge >= 0.3 is 0 Å². The molecule has 1 heterocycles. The van der Waals surface area contributed by atoms with Gasteiger partial charge in [0.1, 0.15) is 5.75 Å². The van der Waals surface area contributed by atoms with Gasteiger partial charge in [0.2, 0.25) is 0 Å². The fourth-order valence-corrected chi connectivity index (χ4v) is 3.35. The molecule has 1 N–H and O–H groups in total. The Bertz CT molecular complexity index is 609. The lowest BCUT2D eigenvalue weighted by Crippen LogP contribution is -2.58. The Kier molecular flexibility index (Phi) is 6.92. The molecule has 5 heteroatoms. The Hall–Kier alpha value is -1.59. The smallest absolute Gasteiger partial charge is 0.258 e. The minimum absolute atomic E-state index is 0.0286. The van der Waals surface area contributed by atoms with Crippen molar-refractivity contribution in [3.63, 3.8) is 0 Å². The molecule has 1 amide bonds. The third-order valence-corrected chi connectivity index (χ3v) is 5.08. The van der Waals surface area contributed by atoms with Gasteiger partial charge < -0.3 is 14.8 Å². The van der Waals surface area contributed by atoms with Crippen LogP contribution in [0.1, 0.15) is 54.0 Å². The van der Waals surface area contributed by atoms with E-state index in [9.17, 15) is 4.79 Å². The number of hydrogen-bond donors (Lipinski definition) is 1. The fourth-order valence-electron chi connectivity index (χ4n) is 3.35. The van der Waals surface area contributed by atoms with Crippen LogP contribution < -0.4 is 10.1 Å². The molecule has 0 spiro atoms. The molecule has 0 bridgehead atoms. The summed E-state index contributed by atoms with van der Waals surface area (Å²) in [6.07, 6.45) is 0.422. The summed E-state index contributed by atoms with van der Waals surface area (Å²) in [6.45, 7) is 17.4. The second-order valence-electron chi connectivity index (χ2n) is 9.31. The SMILES string of the molecule is CC1CN(C(C)(C)CNC(=O)COc2ccc(C(C)(C)C)cc2)CC(C)O1. The standard InChI is InChI=1S/C22H36N2O3/c1-16-12-24(13-17(2)27-16)22(6,7)15-23-20(25)14-26-19-10-8-18(9-11-19)21(3,4)5/h8-11,16-17H,12-15H2,1-7H3,(H,23,25). The topological polar surface area (TPSA) is 50.8 Å². The van der Waals surface area contributed by atoms with Gasteiger partial charge in [0.15, 0.2) is 6.61 Å². The van der Waals surface area contributed by atoms with Crippen LogP contribution in [0.5, 0.6) is 5.75 Å². The van der Waals surface area contributed by atoms with E-state index in [-0.39, 0.29) is 35.7 Å². The molecule has 2 unspecified atom stereocenters. The summed E-state index contributed by atoms with van der Waals surface area (Å²) < 4.78 is 11.4. The summed E-state index contributed by atoms with van der Waals surface area (Å²) in [5.41, 5.74) is 1.22. The van der Waals surface area contributed by atoms with Crippen molar-refractivity contribution in [2.24, 2.45) is 0 Å². The number of benzene rings is 1. The molecule has 0 radical (unpaired) electrons. The first-order valence-electron chi connectivity index (χ1n) is 9.88. The van der Waals surface area contributed by atoms with Gasteiger partial charge in [-0.15, -0.1) is 0 Å². The minimum Gasteiger partial charge on any atom is -0.484 e. The fraction of sp³-hybridized carbons (Fsp3) is 0.682. The van der Waals surface area contributed by atoms with E-state index in [4.69, 9.17) is 9.47 Å². The van der Waals surface area contributed by atoms with Crippen molar-refractivity contribution in [2.75, 3.05) is 26.2 Å². The molecule has 152 valence electrons. The van der Waals surface area contributed by atoms with Crippen LogP contribution in [0.15, 0.2) is 24.3 Å². The van der Waals surface area contributed by atoms with Gasteiger partial charge in [0.05, 0.1) is 12.2 Å². The van der Waals surface area contributed by atoms with Crippen LogP contribution in [0.2, 0.25) is 0 Å². The van der Waals surface area contributed by atoms with Gasteiger partial charge in [0, 0.05) is 25.2 Å². The highest BCUT2D eigenvalue weighted by atomic mass is 16.5. The Morgan fingerprint density at radius 1 is 1.11 bits per heavy atom. The predicted octanol–water partition coefficient (Wildman–Crippen LogP) is 3.37. The average molecular weight is 377 g/mol. The Labute approximate surface area is 164 Å². The maximum absolute atomic E-state index is 12.2. The molecular weight excluding hydrogens is 340 g/mol. The van der Waals surface area contributed by atoms with Gasteiger partial charge in [-0.25, -0.2) is 0 Å². The Balaban J connectivity index is 1.80. The lowest BCUT2D eigenvalue weighted by molar-refractivity contribution is -0.124. The highest BCUT2D eigenvalue weighted by Gasteiger charge is 2.33. The van der Waals surface area contributed by atoms with Crippen LogP contribution in [-0.4, -0.2) is 54.8 Å². The van der Waals surface area contributed by atoms with Crippen molar-refractivity contribution >= 4 is 5.91 Å². The molecule has 27 heavy (non-hydrogen) atoms. The van der Waals surface area contributed by atoms with Gasteiger partial charge in [0.25, 0.3) is 5.91 Å². The van der Waals surface area contributed by atoms with Crippen molar-refractivity contribution in [1.29, 1.82) is 0 Å². The first kappa shape index (κ1) is 21.7. The Morgan fingerprint density at radius 2 is 1.67 bits per heavy atom. The van der Waals surface area contributed by atoms with Crippen molar-refractivity contribution in [1.82, 2.24) is 10.2 Å². The van der Waals surface area contributed by atoms with Crippen LogP contribution in [0.4, 0.5) is 0 Å². The summed E-state index contributed by atoms with van der Waals surface area (Å²) in [7, 11) is 0. The number of carbonyl (C=O) groups is 1. The number of nitrogens with zero attached hydrogens (tertiary/aromatic N) is 1. The van der Waals surface area contributed by atoms with Crippen LogP contribution in [-0.2, 0) is 14.9 Å². The number of morpholine rings is 1. The van der Waals surface area contributed by atoms with E-state index in [1.54, 1.807) is 0 Å². The number of ether oxygens (including phenoxy) is 2. The van der Waals surface area contributed by atoms with Crippen molar-refractivity contribution < 1.29 is 14.3 Å². The predicted molar refractivity (Wildman–Crippen MR) is 109 cm³/mol. The van der Waals surface area contributed by atoms with E-state index in [1.165, 1.54) is 5.56 Å². The third-order valence-electron chi connectivity index (χ3n) is 5.08. The zero-order valence-electron chi connectivity index (χ0n) is 18.0. The third kappa shape index (κ3) is 6.51. The van der Waals surface area contributed by atoms with Crippen LogP contribution in [0.25, 0.3) is 0 Å². The summed E-state index contributed by atoms with van der Waals surface area (Å²) in [6, 6.07) is 7.96. The second-order valence-corrected chi connectivity index (χ2v) is 9.31. The first-order chi connectivity index (χ1) is 12.5. The molecule has 0 aromatic heterocycles. The Morgan fingerprint density at radius 3 is 2.19 bits per heavy atom. The molecule has 1 saturated heterocycles. The first-order valence-corrected chi connectivity index (χ1v) is 9.88. The van der Waals surface area contributed by atoms with E-state index in [0.717, 1.165) is 13.1 Å². The molecule has 1 aliphatic heterocycles. The van der Waals surface area contributed by atoms with Gasteiger partial charge in [-0.3, -0.25) is 9.69 Å². The number of nitrogens with one attached hydrogen (secondary N) is 1. The van der Waals surface area contributed by atoms with Crippen molar-refractivity contribution in [3.05, 3.63) is 29.8 Å². The van der Waals surface area contributed by atoms with Gasteiger partial charge in [-0.05, 0) is 50.8 Å². The maximum Gasteiger partial charge on any atom is 0.258 e. The average Bonchev–Trinajstić information content (AvgIpc) is 2.57. The molecule has 1 aliphatic rings. The highest BCUT2D eigenvalue weighted by Crippen LogP contribution is 2.24. The van der Waals surface area contributed by atoms with E-state index in [0.29, 0.717) is 12.3 Å². The maximum atomic E-state index is 12.2. The minimum atomic E-state index is -0.129. The summed E-state index contributed by atoms with van der Waals surface area (Å²) in [4.78, 5) is 14.6. The van der Waals surface area contributed by atoms with Gasteiger partial charge in [-0.1, -0.05) is 32.9 Å². The molecule has 2 atom stereocenters. The summed E-state index contributed by atoms with van der Waals surface area (Å²) in [5.74, 6) is 0.616. The molecule has 0 aliphatic carbocycles. The van der Waals surface area contributed by atoms with E-state index >= 15 is 0 Å². The number of hydrogen-bond acceptors (Lipinski definition) is 4. The van der Waals surface area contributed by atoms with Crippen LogP contribution >= 0.6 is 0 Å². The number of carbonyl (C=O) groups excluding carboxylic acids is 1. The number of amides is 1. The van der Waals surface area contributed by atoms with Crippen LogP contribution in [0, 0.1) is 0 Å². The molecule has 2 rings (SSSR count). The lowest BCUT2D eigenvalue weighted by Gasteiger charge is -2.45. The lowest BCUT2D eigenvalue weighted by atomic mass is 9.87. The highest BCUT2D eigenvalue weighted by molar-refractivity contribution is 5.77. The van der Waals surface area contributed by atoms with Gasteiger partial charge in [-0.2, -0.15) is 0 Å². The largest absolute Gasteiger partial charge is 0.484 e. The zero-order valence-corrected chi connectivity index (χ0v) is 18.0. The quantitative estimate of drug-likeness (QED) is 0.827. The molecule has 0 saturated carbocycles. The van der Waals surface area contributed by atoms with Crippen LogP contribution in [0.3, 0.4) is 0 Å². The zero-order chi connectivity index (χ0) is 20.2. The summed E-state index contributed by atoms with van der Waals surface area (Å²) >= 11 is 0. The van der Waals surface area contributed by atoms with Crippen molar-refractivity contribution in [3.8, 4) is 5.75 Å². The molecule has 1 aromatic carbocycles.